The Morgan fingerprint density at radius 1 is 1.17 bits per heavy atom. The molecule has 0 bridgehead atoms. The zero-order valence-electron chi connectivity index (χ0n) is 16.9. The van der Waals surface area contributed by atoms with Crippen LogP contribution in [0.25, 0.3) is 0 Å². The Labute approximate surface area is 174 Å². The number of allylic oxidation sites excluding steroid dienone is 1. The van der Waals surface area contributed by atoms with Gasteiger partial charge in [-0.1, -0.05) is 49.6 Å². The first kappa shape index (κ1) is 22.7. The van der Waals surface area contributed by atoms with Crippen LogP contribution >= 0.6 is 11.6 Å². The number of unbranched alkanes of at least 4 members (excludes halogenated alkanes) is 1. The van der Waals surface area contributed by atoms with Crippen LogP contribution in [0.5, 0.6) is 0 Å². The van der Waals surface area contributed by atoms with E-state index >= 15 is 0 Å². The summed E-state index contributed by atoms with van der Waals surface area (Å²) in [4.78, 5) is 36.8. The molecule has 1 aliphatic carbocycles. The first-order valence-corrected chi connectivity index (χ1v) is 9.80. The van der Waals surface area contributed by atoms with Gasteiger partial charge in [0, 0.05) is 29.0 Å². The molecule has 0 radical (unpaired) electrons. The number of hydrogen-bond acceptors (Lipinski definition) is 4. The van der Waals surface area contributed by atoms with E-state index in [0.29, 0.717) is 12.8 Å². The van der Waals surface area contributed by atoms with Crippen LogP contribution in [0, 0.1) is 5.92 Å². The number of rotatable bonds is 7. The standard InChI is InChI=1S/C22H25ClO6/c1-5-6-9-16-18(20(25)26)12(2)19(29-14(4)24)13(3)22(16,21(27)28)15-10-7-8-11-17(15)23/h7-8,10-11,16H,5-6,9H2,1-4H3,(H,25,26)(H,27,28). The normalized spacial score (nSPS) is 21.9. The number of carbonyl (C=O) groups excluding carboxylic acids is 1. The summed E-state index contributed by atoms with van der Waals surface area (Å²) in [5.74, 6) is -4.03. The Bertz CT molecular complexity index is 914. The first-order chi connectivity index (χ1) is 13.6. The highest BCUT2D eigenvalue weighted by atomic mass is 35.5. The number of esters is 1. The molecule has 0 saturated heterocycles. The van der Waals surface area contributed by atoms with Crippen LogP contribution in [0.3, 0.4) is 0 Å². The van der Waals surface area contributed by atoms with Gasteiger partial charge in [0.15, 0.2) is 0 Å². The molecule has 1 aromatic rings. The predicted molar refractivity (Wildman–Crippen MR) is 109 cm³/mol. The van der Waals surface area contributed by atoms with Crippen LogP contribution < -0.4 is 0 Å². The number of carboxylic acid groups (broad SMARTS) is 2. The van der Waals surface area contributed by atoms with Gasteiger partial charge < -0.3 is 14.9 Å². The topological polar surface area (TPSA) is 101 Å². The van der Waals surface area contributed by atoms with E-state index in [1.54, 1.807) is 38.1 Å². The number of halogens is 1. The molecule has 6 nitrogen and oxygen atoms in total. The Balaban J connectivity index is 3.00. The van der Waals surface area contributed by atoms with E-state index in [1.807, 2.05) is 6.92 Å². The quantitative estimate of drug-likeness (QED) is 0.619. The molecule has 0 amide bonds. The lowest BCUT2D eigenvalue weighted by Crippen LogP contribution is -2.49. The molecule has 0 saturated carbocycles. The van der Waals surface area contributed by atoms with E-state index < -0.39 is 29.2 Å². The molecular formula is C22H25ClO6. The van der Waals surface area contributed by atoms with E-state index in [-0.39, 0.29) is 33.1 Å². The summed E-state index contributed by atoms with van der Waals surface area (Å²) in [6.07, 6.45) is 1.72. The maximum absolute atomic E-state index is 12.9. The number of hydrogen-bond donors (Lipinski definition) is 2. The van der Waals surface area contributed by atoms with Crippen molar-refractivity contribution in [2.75, 3.05) is 0 Å². The highest BCUT2D eigenvalue weighted by Crippen LogP contribution is 2.53. The SMILES string of the molecule is CCCCC1C(C(=O)O)=C(C)C(OC(C)=O)=C(C)C1(C(=O)O)c1ccccc1Cl. The van der Waals surface area contributed by atoms with Gasteiger partial charge in [0.25, 0.3) is 0 Å². The smallest absolute Gasteiger partial charge is 0.332 e. The molecule has 2 unspecified atom stereocenters. The first-order valence-electron chi connectivity index (χ1n) is 9.43. The van der Waals surface area contributed by atoms with Gasteiger partial charge >= 0.3 is 17.9 Å². The van der Waals surface area contributed by atoms with Crippen molar-refractivity contribution < 1.29 is 29.3 Å². The second kappa shape index (κ2) is 8.82. The van der Waals surface area contributed by atoms with E-state index in [4.69, 9.17) is 16.3 Å². The summed E-state index contributed by atoms with van der Waals surface area (Å²) in [6.45, 7) is 6.25. The molecule has 0 aromatic heterocycles. The molecule has 0 aliphatic heterocycles. The fourth-order valence-electron chi connectivity index (χ4n) is 4.29. The van der Waals surface area contributed by atoms with Crippen molar-refractivity contribution in [3.63, 3.8) is 0 Å². The van der Waals surface area contributed by atoms with Crippen molar-refractivity contribution in [3.8, 4) is 0 Å². The van der Waals surface area contributed by atoms with Gasteiger partial charge in [0.1, 0.15) is 11.2 Å². The zero-order valence-corrected chi connectivity index (χ0v) is 17.7. The second-order valence-electron chi connectivity index (χ2n) is 7.18. The Morgan fingerprint density at radius 2 is 1.79 bits per heavy atom. The average molecular weight is 421 g/mol. The molecular weight excluding hydrogens is 396 g/mol. The molecule has 7 heteroatoms. The Kier molecular flexibility index (Phi) is 6.90. The molecule has 29 heavy (non-hydrogen) atoms. The molecule has 1 aromatic carbocycles. The third-order valence-corrected chi connectivity index (χ3v) is 5.84. The number of ether oxygens (including phenoxy) is 1. The highest BCUT2D eigenvalue weighted by Gasteiger charge is 2.56. The van der Waals surface area contributed by atoms with Crippen LogP contribution in [0.2, 0.25) is 5.02 Å². The summed E-state index contributed by atoms with van der Waals surface area (Å²) in [5.41, 5.74) is -1.04. The minimum Gasteiger partial charge on any atom is -0.480 e. The number of carbonyl (C=O) groups is 3. The largest absolute Gasteiger partial charge is 0.480 e. The van der Waals surface area contributed by atoms with E-state index in [9.17, 15) is 24.6 Å². The molecule has 2 rings (SSSR count). The minimum atomic E-state index is -1.77. The molecule has 156 valence electrons. The molecule has 0 heterocycles. The molecule has 0 spiro atoms. The van der Waals surface area contributed by atoms with E-state index in [1.165, 1.54) is 6.92 Å². The lowest BCUT2D eigenvalue weighted by molar-refractivity contribution is -0.146. The summed E-state index contributed by atoms with van der Waals surface area (Å²) in [5, 5.41) is 20.7. The van der Waals surface area contributed by atoms with E-state index in [2.05, 4.69) is 0 Å². The van der Waals surface area contributed by atoms with Crippen molar-refractivity contribution in [1.82, 2.24) is 0 Å². The van der Waals surface area contributed by atoms with Crippen molar-refractivity contribution in [1.29, 1.82) is 0 Å². The van der Waals surface area contributed by atoms with Gasteiger partial charge in [-0.25, -0.2) is 4.79 Å². The van der Waals surface area contributed by atoms with Crippen molar-refractivity contribution in [2.24, 2.45) is 5.92 Å². The summed E-state index contributed by atoms with van der Waals surface area (Å²) in [6, 6.07) is 6.50. The zero-order chi connectivity index (χ0) is 21.9. The summed E-state index contributed by atoms with van der Waals surface area (Å²) < 4.78 is 5.33. The van der Waals surface area contributed by atoms with Gasteiger partial charge in [-0.15, -0.1) is 0 Å². The molecule has 2 atom stereocenters. The van der Waals surface area contributed by atoms with Gasteiger partial charge in [-0.05, 0) is 37.5 Å². The molecule has 0 fully saturated rings. The van der Waals surface area contributed by atoms with Crippen LogP contribution in [0.4, 0.5) is 0 Å². The van der Waals surface area contributed by atoms with Crippen molar-refractivity contribution in [3.05, 3.63) is 57.3 Å². The minimum absolute atomic E-state index is 0.0232. The van der Waals surface area contributed by atoms with Crippen LogP contribution in [-0.2, 0) is 24.5 Å². The fraction of sp³-hybridized carbons (Fsp3) is 0.409. The highest BCUT2D eigenvalue weighted by molar-refractivity contribution is 6.32. The van der Waals surface area contributed by atoms with E-state index in [0.717, 1.165) is 6.42 Å². The van der Waals surface area contributed by atoms with Crippen LogP contribution in [0.1, 0.15) is 52.5 Å². The maximum Gasteiger partial charge on any atom is 0.332 e. The number of benzene rings is 1. The van der Waals surface area contributed by atoms with Gasteiger partial charge in [-0.2, -0.15) is 0 Å². The number of aliphatic carboxylic acids is 2. The molecule has 2 N–H and O–H groups in total. The Morgan fingerprint density at radius 3 is 2.28 bits per heavy atom. The Hall–Kier alpha value is -2.60. The third-order valence-electron chi connectivity index (χ3n) is 5.51. The van der Waals surface area contributed by atoms with Crippen LogP contribution in [0.15, 0.2) is 46.7 Å². The lowest BCUT2D eigenvalue weighted by Gasteiger charge is -2.43. The fourth-order valence-corrected chi connectivity index (χ4v) is 4.58. The van der Waals surface area contributed by atoms with Gasteiger partial charge in [-0.3, -0.25) is 9.59 Å². The number of carboxylic acids is 2. The monoisotopic (exact) mass is 420 g/mol. The second-order valence-corrected chi connectivity index (χ2v) is 7.59. The van der Waals surface area contributed by atoms with Crippen molar-refractivity contribution in [2.45, 2.75) is 52.4 Å². The van der Waals surface area contributed by atoms with Crippen molar-refractivity contribution >= 4 is 29.5 Å². The van der Waals surface area contributed by atoms with Gasteiger partial charge in [0.2, 0.25) is 0 Å². The van der Waals surface area contributed by atoms with Gasteiger partial charge in [0.05, 0.1) is 0 Å². The maximum atomic E-state index is 12.9. The average Bonchev–Trinajstić information content (AvgIpc) is 2.63. The third kappa shape index (κ3) is 3.81. The lowest BCUT2D eigenvalue weighted by atomic mass is 9.58. The summed E-state index contributed by atoms with van der Waals surface area (Å²) in [7, 11) is 0. The summed E-state index contributed by atoms with van der Waals surface area (Å²) >= 11 is 6.42. The predicted octanol–water partition coefficient (Wildman–Crippen LogP) is 4.72. The van der Waals surface area contributed by atoms with Crippen LogP contribution in [-0.4, -0.2) is 28.1 Å². The molecule has 1 aliphatic rings.